The first-order valence-electron chi connectivity index (χ1n) is 7.61. The van der Waals surface area contributed by atoms with Crippen LogP contribution in [0.5, 0.6) is 5.88 Å². The second-order valence-corrected chi connectivity index (χ2v) is 5.34. The summed E-state index contributed by atoms with van der Waals surface area (Å²) in [6.45, 7) is 1.48. The lowest BCUT2D eigenvalue weighted by Crippen LogP contribution is -2.40. The Morgan fingerprint density at radius 1 is 1.39 bits per heavy atom. The molecule has 0 saturated carbocycles. The number of hydrogen-bond acceptors (Lipinski definition) is 6. The fraction of sp³-hybridized carbons (Fsp3) is 0.375. The van der Waals surface area contributed by atoms with Crippen molar-refractivity contribution in [3.05, 3.63) is 42.2 Å². The third kappa shape index (κ3) is 3.39. The Bertz CT molecular complexity index is 665. The van der Waals surface area contributed by atoms with Crippen LogP contribution in [-0.4, -0.2) is 47.3 Å². The highest BCUT2D eigenvalue weighted by Gasteiger charge is 2.26. The van der Waals surface area contributed by atoms with Gasteiger partial charge in [-0.15, -0.1) is 5.10 Å². The van der Waals surface area contributed by atoms with Gasteiger partial charge in [-0.1, -0.05) is 0 Å². The van der Waals surface area contributed by atoms with Gasteiger partial charge < -0.3 is 15.0 Å². The lowest BCUT2D eigenvalue weighted by Gasteiger charge is -2.25. The number of hydrogen-bond donors (Lipinski definition) is 1. The van der Waals surface area contributed by atoms with Crippen molar-refractivity contribution < 1.29 is 9.53 Å². The van der Waals surface area contributed by atoms with Crippen molar-refractivity contribution in [2.75, 3.05) is 25.1 Å². The zero-order valence-corrected chi connectivity index (χ0v) is 13.0. The van der Waals surface area contributed by atoms with E-state index in [1.54, 1.807) is 24.5 Å². The standard InChI is InChI=1S/C16H19N5O2/c1-23-16-13(6-2-8-17-16)15(22)18-11-12-5-4-10-21(12)14-7-3-9-19-20-14/h2-3,6-9,12H,4-5,10-11H2,1H3,(H,18,22)/t12-/m1/s1. The van der Waals surface area contributed by atoms with Crippen molar-refractivity contribution in [3.63, 3.8) is 0 Å². The minimum Gasteiger partial charge on any atom is -0.480 e. The number of nitrogens with one attached hydrogen (secondary N) is 1. The minimum atomic E-state index is -0.180. The van der Waals surface area contributed by atoms with Gasteiger partial charge in [-0.05, 0) is 37.1 Å². The number of carbonyl (C=O) groups excluding carboxylic acids is 1. The van der Waals surface area contributed by atoms with Crippen LogP contribution in [0.25, 0.3) is 0 Å². The van der Waals surface area contributed by atoms with E-state index in [1.165, 1.54) is 7.11 Å². The largest absolute Gasteiger partial charge is 0.480 e. The van der Waals surface area contributed by atoms with Gasteiger partial charge >= 0.3 is 0 Å². The van der Waals surface area contributed by atoms with Crippen LogP contribution in [0.2, 0.25) is 0 Å². The lowest BCUT2D eigenvalue weighted by molar-refractivity contribution is 0.0947. The van der Waals surface area contributed by atoms with Gasteiger partial charge in [0, 0.05) is 31.5 Å². The monoisotopic (exact) mass is 313 g/mol. The Hall–Kier alpha value is -2.70. The molecule has 2 aromatic rings. The molecule has 1 aliphatic rings. The fourth-order valence-corrected chi connectivity index (χ4v) is 2.83. The molecule has 1 fully saturated rings. The average Bonchev–Trinajstić information content (AvgIpc) is 3.09. The number of rotatable bonds is 5. The van der Waals surface area contributed by atoms with E-state index >= 15 is 0 Å². The van der Waals surface area contributed by atoms with Crippen molar-refractivity contribution in [3.8, 4) is 5.88 Å². The zero-order chi connectivity index (χ0) is 16.1. The molecule has 0 spiro atoms. The summed E-state index contributed by atoms with van der Waals surface area (Å²) in [7, 11) is 1.51. The number of anilines is 1. The number of pyridine rings is 1. The Labute approximate surface area is 134 Å². The third-order valence-electron chi connectivity index (χ3n) is 3.94. The molecule has 1 aliphatic heterocycles. The van der Waals surface area contributed by atoms with Gasteiger partial charge in [-0.25, -0.2) is 4.98 Å². The number of carbonyl (C=O) groups is 1. The third-order valence-corrected chi connectivity index (χ3v) is 3.94. The molecule has 0 aromatic carbocycles. The van der Waals surface area contributed by atoms with Crippen LogP contribution >= 0.6 is 0 Å². The zero-order valence-electron chi connectivity index (χ0n) is 13.0. The molecule has 0 bridgehead atoms. The molecule has 3 heterocycles. The van der Waals surface area contributed by atoms with Gasteiger partial charge in [0.2, 0.25) is 5.88 Å². The SMILES string of the molecule is COc1ncccc1C(=O)NC[C@H]1CCCN1c1cccnn1. The van der Waals surface area contributed by atoms with Crippen LogP contribution in [0.15, 0.2) is 36.7 Å². The topological polar surface area (TPSA) is 80.2 Å². The van der Waals surface area contributed by atoms with Crippen LogP contribution in [0.1, 0.15) is 23.2 Å². The highest BCUT2D eigenvalue weighted by atomic mass is 16.5. The van der Waals surface area contributed by atoms with Gasteiger partial charge in [-0.2, -0.15) is 5.10 Å². The Balaban J connectivity index is 1.64. The molecule has 1 amide bonds. The van der Waals surface area contributed by atoms with Crippen molar-refractivity contribution in [2.45, 2.75) is 18.9 Å². The second-order valence-electron chi connectivity index (χ2n) is 5.34. The summed E-state index contributed by atoms with van der Waals surface area (Å²) < 4.78 is 5.13. The van der Waals surface area contributed by atoms with E-state index in [-0.39, 0.29) is 11.9 Å². The van der Waals surface area contributed by atoms with E-state index in [9.17, 15) is 4.79 Å². The highest BCUT2D eigenvalue weighted by molar-refractivity contribution is 5.96. The number of aromatic nitrogens is 3. The van der Waals surface area contributed by atoms with E-state index in [0.717, 1.165) is 25.2 Å². The summed E-state index contributed by atoms with van der Waals surface area (Å²) in [5, 5.41) is 11.0. The molecular formula is C16H19N5O2. The Morgan fingerprint density at radius 2 is 2.26 bits per heavy atom. The molecule has 120 valence electrons. The molecular weight excluding hydrogens is 294 g/mol. The molecule has 23 heavy (non-hydrogen) atoms. The molecule has 0 aliphatic carbocycles. The van der Waals surface area contributed by atoms with Crippen molar-refractivity contribution >= 4 is 11.7 Å². The Morgan fingerprint density at radius 3 is 3.04 bits per heavy atom. The summed E-state index contributed by atoms with van der Waals surface area (Å²) in [5.41, 5.74) is 0.444. The molecule has 2 aromatic heterocycles. The summed E-state index contributed by atoms with van der Waals surface area (Å²) in [6.07, 6.45) is 5.35. The molecule has 7 nitrogen and oxygen atoms in total. The number of methoxy groups -OCH3 is 1. The molecule has 1 saturated heterocycles. The van der Waals surface area contributed by atoms with E-state index < -0.39 is 0 Å². The number of amides is 1. The molecule has 0 radical (unpaired) electrons. The van der Waals surface area contributed by atoms with Gasteiger partial charge in [0.05, 0.1) is 7.11 Å². The number of nitrogens with zero attached hydrogens (tertiary/aromatic N) is 4. The van der Waals surface area contributed by atoms with Crippen LogP contribution in [0.3, 0.4) is 0 Å². The maximum Gasteiger partial charge on any atom is 0.256 e. The number of ether oxygens (including phenoxy) is 1. The molecule has 7 heteroatoms. The smallest absolute Gasteiger partial charge is 0.256 e. The quantitative estimate of drug-likeness (QED) is 0.895. The fourth-order valence-electron chi connectivity index (χ4n) is 2.83. The van der Waals surface area contributed by atoms with Crippen molar-refractivity contribution in [1.82, 2.24) is 20.5 Å². The van der Waals surface area contributed by atoms with Gasteiger partial charge in [0.25, 0.3) is 5.91 Å². The van der Waals surface area contributed by atoms with Crippen LogP contribution in [-0.2, 0) is 0 Å². The van der Waals surface area contributed by atoms with E-state index in [1.807, 2.05) is 12.1 Å². The van der Waals surface area contributed by atoms with Crippen LogP contribution in [0, 0.1) is 0 Å². The second kappa shape index (κ2) is 7.04. The highest BCUT2D eigenvalue weighted by Crippen LogP contribution is 2.22. The first-order valence-corrected chi connectivity index (χ1v) is 7.61. The van der Waals surface area contributed by atoms with Gasteiger partial charge in [0.15, 0.2) is 5.82 Å². The van der Waals surface area contributed by atoms with Gasteiger partial charge in [0.1, 0.15) is 5.56 Å². The predicted octanol–water partition coefficient (Wildman–Crippen LogP) is 1.28. The Kier molecular flexibility index (Phi) is 4.65. The lowest BCUT2D eigenvalue weighted by atomic mass is 10.2. The maximum atomic E-state index is 12.3. The molecule has 1 N–H and O–H groups in total. The van der Waals surface area contributed by atoms with E-state index in [4.69, 9.17) is 4.74 Å². The van der Waals surface area contributed by atoms with E-state index in [0.29, 0.717) is 18.0 Å². The summed E-state index contributed by atoms with van der Waals surface area (Å²) in [4.78, 5) is 18.6. The van der Waals surface area contributed by atoms with Crippen LogP contribution < -0.4 is 15.0 Å². The maximum absolute atomic E-state index is 12.3. The van der Waals surface area contributed by atoms with Crippen LogP contribution in [0.4, 0.5) is 5.82 Å². The summed E-state index contributed by atoms with van der Waals surface area (Å²) in [6, 6.07) is 7.46. The first kappa shape index (κ1) is 15.2. The minimum absolute atomic E-state index is 0.180. The van der Waals surface area contributed by atoms with Crippen molar-refractivity contribution in [1.29, 1.82) is 0 Å². The van der Waals surface area contributed by atoms with Crippen molar-refractivity contribution in [2.24, 2.45) is 0 Å². The predicted molar refractivity (Wildman–Crippen MR) is 85.5 cm³/mol. The molecule has 0 unspecified atom stereocenters. The molecule has 1 atom stereocenters. The normalized spacial score (nSPS) is 17.1. The van der Waals surface area contributed by atoms with Gasteiger partial charge in [-0.3, -0.25) is 4.79 Å². The first-order chi connectivity index (χ1) is 11.3. The molecule has 3 rings (SSSR count). The summed E-state index contributed by atoms with van der Waals surface area (Å²) in [5.74, 6) is 1.01. The average molecular weight is 313 g/mol. The summed E-state index contributed by atoms with van der Waals surface area (Å²) >= 11 is 0. The van der Waals surface area contributed by atoms with E-state index in [2.05, 4.69) is 25.4 Å².